The van der Waals surface area contributed by atoms with Gasteiger partial charge in [-0.2, -0.15) is 0 Å². The Morgan fingerprint density at radius 2 is 2.17 bits per heavy atom. The lowest BCUT2D eigenvalue weighted by Crippen LogP contribution is -1.92. The minimum Gasteiger partial charge on any atom is -0.496 e. The maximum atomic E-state index is 7.65. The number of benzene rings is 1. The standard InChI is InChI=1S/C10H11NO/c1-12-10-4-2-3-7-8(10)5-6-9(7)11/h2-4,11H,5-6H2,1H3. The van der Waals surface area contributed by atoms with Gasteiger partial charge in [0.25, 0.3) is 0 Å². The lowest BCUT2D eigenvalue weighted by molar-refractivity contribution is 0.410. The van der Waals surface area contributed by atoms with E-state index in [9.17, 15) is 0 Å². The first-order valence-electron chi connectivity index (χ1n) is 4.06. The van der Waals surface area contributed by atoms with Gasteiger partial charge in [-0.15, -0.1) is 0 Å². The van der Waals surface area contributed by atoms with E-state index in [0.717, 1.165) is 29.9 Å². The Morgan fingerprint density at radius 1 is 1.33 bits per heavy atom. The topological polar surface area (TPSA) is 33.1 Å². The molecule has 0 saturated heterocycles. The van der Waals surface area contributed by atoms with Crippen molar-refractivity contribution in [2.45, 2.75) is 12.8 Å². The number of hydrogen-bond donors (Lipinski definition) is 1. The van der Waals surface area contributed by atoms with Crippen molar-refractivity contribution in [3.8, 4) is 5.75 Å². The summed E-state index contributed by atoms with van der Waals surface area (Å²) < 4.78 is 5.21. The van der Waals surface area contributed by atoms with Gasteiger partial charge in [-0.05, 0) is 18.9 Å². The number of rotatable bonds is 1. The number of methoxy groups -OCH3 is 1. The number of nitrogens with one attached hydrogen (secondary N) is 1. The molecular formula is C10H11NO. The van der Waals surface area contributed by atoms with Crippen molar-refractivity contribution in [3.63, 3.8) is 0 Å². The van der Waals surface area contributed by atoms with Crippen LogP contribution >= 0.6 is 0 Å². The van der Waals surface area contributed by atoms with Gasteiger partial charge in [0.2, 0.25) is 0 Å². The summed E-state index contributed by atoms with van der Waals surface area (Å²) >= 11 is 0. The van der Waals surface area contributed by atoms with Gasteiger partial charge < -0.3 is 10.1 Å². The summed E-state index contributed by atoms with van der Waals surface area (Å²) in [6.45, 7) is 0. The van der Waals surface area contributed by atoms with E-state index in [-0.39, 0.29) is 0 Å². The van der Waals surface area contributed by atoms with E-state index in [0.29, 0.717) is 0 Å². The Balaban J connectivity index is 2.58. The van der Waals surface area contributed by atoms with E-state index in [1.54, 1.807) is 7.11 Å². The predicted molar refractivity (Wildman–Crippen MR) is 48.1 cm³/mol. The highest BCUT2D eigenvalue weighted by Crippen LogP contribution is 2.29. The van der Waals surface area contributed by atoms with Gasteiger partial charge in [-0.1, -0.05) is 12.1 Å². The van der Waals surface area contributed by atoms with Crippen molar-refractivity contribution in [1.29, 1.82) is 5.41 Å². The van der Waals surface area contributed by atoms with Crippen molar-refractivity contribution >= 4 is 5.71 Å². The molecule has 1 aliphatic carbocycles. The fourth-order valence-corrected chi connectivity index (χ4v) is 1.68. The minimum absolute atomic E-state index is 0.740. The molecule has 0 aromatic heterocycles. The highest BCUT2D eigenvalue weighted by atomic mass is 16.5. The van der Waals surface area contributed by atoms with Gasteiger partial charge in [-0.3, -0.25) is 0 Å². The van der Waals surface area contributed by atoms with Crippen molar-refractivity contribution in [2.24, 2.45) is 0 Å². The monoisotopic (exact) mass is 161 g/mol. The third kappa shape index (κ3) is 0.916. The van der Waals surface area contributed by atoms with E-state index in [1.807, 2.05) is 18.2 Å². The van der Waals surface area contributed by atoms with Gasteiger partial charge in [-0.25, -0.2) is 0 Å². The second-order valence-corrected chi connectivity index (χ2v) is 2.96. The first kappa shape index (κ1) is 7.35. The molecule has 2 heteroatoms. The second-order valence-electron chi connectivity index (χ2n) is 2.96. The average molecular weight is 161 g/mol. The maximum Gasteiger partial charge on any atom is 0.122 e. The van der Waals surface area contributed by atoms with Gasteiger partial charge in [0.15, 0.2) is 0 Å². The normalized spacial score (nSPS) is 14.6. The molecule has 2 nitrogen and oxygen atoms in total. The Hall–Kier alpha value is -1.31. The Morgan fingerprint density at radius 3 is 2.92 bits per heavy atom. The summed E-state index contributed by atoms with van der Waals surface area (Å²) in [5.41, 5.74) is 3.00. The molecule has 1 aromatic carbocycles. The van der Waals surface area contributed by atoms with Crippen LogP contribution in [0.2, 0.25) is 0 Å². The second kappa shape index (κ2) is 2.63. The van der Waals surface area contributed by atoms with Crippen LogP contribution in [0.25, 0.3) is 0 Å². The van der Waals surface area contributed by atoms with Crippen molar-refractivity contribution < 1.29 is 4.74 Å². The Bertz CT molecular complexity index is 331. The summed E-state index contributed by atoms with van der Waals surface area (Å²) in [7, 11) is 1.68. The van der Waals surface area contributed by atoms with Gasteiger partial charge in [0.1, 0.15) is 5.75 Å². The van der Waals surface area contributed by atoms with Crippen molar-refractivity contribution in [1.82, 2.24) is 0 Å². The van der Waals surface area contributed by atoms with Gasteiger partial charge >= 0.3 is 0 Å². The number of fused-ring (bicyclic) bond motifs is 1. The van der Waals surface area contributed by atoms with E-state index >= 15 is 0 Å². The predicted octanol–water partition coefficient (Wildman–Crippen LogP) is 2.01. The molecule has 0 aliphatic heterocycles. The minimum atomic E-state index is 0.740. The van der Waals surface area contributed by atoms with E-state index in [2.05, 4.69) is 0 Å². The van der Waals surface area contributed by atoms with E-state index < -0.39 is 0 Å². The zero-order valence-electron chi connectivity index (χ0n) is 7.05. The summed E-state index contributed by atoms with van der Waals surface area (Å²) in [4.78, 5) is 0. The summed E-state index contributed by atoms with van der Waals surface area (Å²) in [5, 5.41) is 7.65. The molecule has 0 radical (unpaired) electrons. The van der Waals surface area contributed by atoms with Crippen LogP contribution < -0.4 is 4.74 Å². The highest BCUT2D eigenvalue weighted by molar-refractivity contribution is 6.02. The fraction of sp³-hybridized carbons (Fsp3) is 0.300. The van der Waals surface area contributed by atoms with Gasteiger partial charge in [0, 0.05) is 16.8 Å². The molecule has 0 fully saturated rings. The fourth-order valence-electron chi connectivity index (χ4n) is 1.68. The van der Waals surface area contributed by atoms with Crippen LogP contribution in [0, 0.1) is 5.41 Å². The molecule has 0 heterocycles. The zero-order valence-corrected chi connectivity index (χ0v) is 7.05. The SMILES string of the molecule is COc1cccc2c1CCC2=N. The molecule has 0 unspecified atom stereocenters. The van der Waals surface area contributed by atoms with Crippen LogP contribution in [0.15, 0.2) is 18.2 Å². The first-order valence-corrected chi connectivity index (χ1v) is 4.06. The summed E-state index contributed by atoms with van der Waals surface area (Å²) in [5.74, 6) is 0.926. The zero-order chi connectivity index (χ0) is 8.55. The van der Waals surface area contributed by atoms with E-state index in [4.69, 9.17) is 10.1 Å². The van der Waals surface area contributed by atoms with Crippen LogP contribution in [-0.4, -0.2) is 12.8 Å². The highest BCUT2D eigenvalue weighted by Gasteiger charge is 2.18. The van der Waals surface area contributed by atoms with Crippen molar-refractivity contribution in [3.05, 3.63) is 29.3 Å². The summed E-state index contributed by atoms with van der Waals surface area (Å²) in [6.07, 6.45) is 1.81. The molecule has 62 valence electrons. The third-order valence-corrected chi connectivity index (χ3v) is 2.30. The van der Waals surface area contributed by atoms with Crippen molar-refractivity contribution in [2.75, 3.05) is 7.11 Å². The molecule has 1 aromatic rings. The largest absolute Gasteiger partial charge is 0.496 e. The molecule has 0 saturated carbocycles. The Kier molecular flexibility index (Phi) is 1.61. The van der Waals surface area contributed by atoms with E-state index in [1.165, 1.54) is 5.56 Å². The third-order valence-electron chi connectivity index (χ3n) is 2.30. The molecule has 0 atom stereocenters. The molecule has 0 amide bonds. The molecule has 0 spiro atoms. The van der Waals surface area contributed by atoms with Crippen LogP contribution in [0.5, 0.6) is 5.75 Å². The van der Waals surface area contributed by atoms with Crippen LogP contribution in [-0.2, 0) is 6.42 Å². The maximum absolute atomic E-state index is 7.65. The molecule has 2 rings (SSSR count). The molecular weight excluding hydrogens is 150 g/mol. The average Bonchev–Trinajstić information content (AvgIpc) is 2.48. The molecule has 12 heavy (non-hydrogen) atoms. The quantitative estimate of drug-likeness (QED) is 0.671. The molecule has 0 bridgehead atoms. The molecule has 1 N–H and O–H groups in total. The number of hydrogen-bond acceptors (Lipinski definition) is 2. The van der Waals surface area contributed by atoms with Crippen LogP contribution in [0.3, 0.4) is 0 Å². The lowest BCUT2D eigenvalue weighted by Gasteiger charge is -2.05. The summed E-state index contributed by atoms with van der Waals surface area (Å²) in [6, 6.07) is 5.89. The Labute approximate surface area is 71.7 Å². The first-order chi connectivity index (χ1) is 5.83. The van der Waals surface area contributed by atoms with Gasteiger partial charge in [0.05, 0.1) is 7.11 Å². The van der Waals surface area contributed by atoms with Crippen LogP contribution in [0.1, 0.15) is 17.5 Å². The van der Waals surface area contributed by atoms with Crippen LogP contribution in [0.4, 0.5) is 0 Å². The number of ether oxygens (including phenoxy) is 1. The molecule has 1 aliphatic rings. The lowest BCUT2D eigenvalue weighted by atomic mass is 10.1. The smallest absolute Gasteiger partial charge is 0.122 e.